The van der Waals surface area contributed by atoms with Gasteiger partial charge in [0.2, 0.25) is 0 Å². The molecule has 0 amide bonds. The zero-order chi connectivity index (χ0) is 18.1. The van der Waals surface area contributed by atoms with Crippen LogP contribution in [-0.4, -0.2) is 71.9 Å². The Balaban J connectivity index is 1.48. The van der Waals surface area contributed by atoms with E-state index in [0.717, 1.165) is 68.2 Å². The molecule has 1 N–H and O–H groups in total. The van der Waals surface area contributed by atoms with Crippen LogP contribution in [0, 0.1) is 5.92 Å². The first kappa shape index (κ1) is 17.5. The molecule has 2 fully saturated rings. The normalized spacial score (nSPS) is 20.2. The van der Waals surface area contributed by atoms with Gasteiger partial charge in [-0.25, -0.2) is 4.63 Å². The van der Waals surface area contributed by atoms with Crippen molar-refractivity contribution in [3.8, 4) is 0 Å². The van der Waals surface area contributed by atoms with Crippen LogP contribution < -0.4 is 4.90 Å². The Morgan fingerprint density at radius 2 is 2.00 bits per heavy atom. The smallest absolute Gasteiger partial charge is 0.158 e. The van der Waals surface area contributed by atoms with Crippen molar-refractivity contribution < 1.29 is 14.5 Å². The molecule has 2 saturated heterocycles. The molecule has 26 heavy (non-hydrogen) atoms. The van der Waals surface area contributed by atoms with Gasteiger partial charge in [-0.3, -0.25) is 4.90 Å². The van der Waals surface area contributed by atoms with Gasteiger partial charge in [0.1, 0.15) is 5.52 Å². The summed E-state index contributed by atoms with van der Waals surface area (Å²) in [6.45, 7) is 10.4. The maximum Gasteiger partial charge on any atom is 0.158 e. The Bertz CT molecular complexity index is 784. The summed E-state index contributed by atoms with van der Waals surface area (Å²) in [6.07, 6.45) is 3.70. The number of anilines is 1. The Hall–Kier alpha value is -1.96. The first-order chi connectivity index (χ1) is 12.5. The molecule has 2 aliphatic rings. The summed E-state index contributed by atoms with van der Waals surface area (Å²) in [5, 5.41) is 18.0. The summed E-state index contributed by atoms with van der Waals surface area (Å²) in [4.78, 5) is 4.82. The fourth-order valence-corrected chi connectivity index (χ4v) is 3.56. The van der Waals surface area contributed by atoms with Crippen LogP contribution in [0.2, 0.25) is 0 Å². The summed E-state index contributed by atoms with van der Waals surface area (Å²) in [5.41, 5.74) is 2.74. The van der Waals surface area contributed by atoms with E-state index < -0.39 is 5.60 Å². The van der Waals surface area contributed by atoms with E-state index >= 15 is 0 Å². The molecule has 0 radical (unpaired) electrons. The molecule has 1 aromatic heterocycles. The lowest BCUT2D eigenvalue weighted by atomic mass is 9.97. The average molecular weight is 358 g/mol. The van der Waals surface area contributed by atoms with Gasteiger partial charge in [0.05, 0.1) is 24.5 Å². The predicted molar refractivity (Wildman–Crippen MR) is 100 cm³/mol. The summed E-state index contributed by atoms with van der Waals surface area (Å²) in [6, 6.07) is 4.03. The zero-order valence-corrected chi connectivity index (χ0v) is 15.4. The minimum Gasteiger partial charge on any atom is -0.386 e. The molecule has 140 valence electrons. The summed E-state index contributed by atoms with van der Waals surface area (Å²) < 4.78 is 10.4. The number of fused-ring (bicyclic) bond motifs is 1. The third-order valence-corrected chi connectivity index (χ3v) is 4.96. The molecule has 1 aromatic carbocycles. The molecule has 0 saturated carbocycles. The second kappa shape index (κ2) is 6.98. The van der Waals surface area contributed by atoms with Gasteiger partial charge in [-0.05, 0) is 41.9 Å². The number of ether oxygens (including phenoxy) is 1. The Labute approximate surface area is 153 Å². The van der Waals surface area contributed by atoms with Gasteiger partial charge in [-0.15, -0.1) is 0 Å². The number of hydrogen-bond donors (Lipinski definition) is 1. The number of hydrogen-bond acceptors (Lipinski definition) is 7. The minimum absolute atomic E-state index is 0.665. The molecule has 0 spiro atoms. The van der Waals surface area contributed by atoms with Gasteiger partial charge >= 0.3 is 0 Å². The van der Waals surface area contributed by atoms with Crippen molar-refractivity contribution in [2.45, 2.75) is 19.4 Å². The van der Waals surface area contributed by atoms with Crippen molar-refractivity contribution in [3.05, 3.63) is 23.8 Å². The third-order valence-electron chi connectivity index (χ3n) is 4.96. The van der Waals surface area contributed by atoms with Gasteiger partial charge < -0.3 is 14.7 Å². The molecule has 7 nitrogen and oxygen atoms in total. The van der Waals surface area contributed by atoms with E-state index in [4.69, 9.17) is 9.37 Å². The molecular weight excluding hydrogens is 332 g/mol. The standard InChI is InChI=1S/C19H26N4O3/c1-19(2,24)4-3-14-9-16-18(21-26-20-16)17(10-14)23-12-15(13-23)11-22-5-7-25-8-6-22/h3-4,9-10,15,24H,5-8,11-13H2,1-2H3. The fraction of sp³-hybridized carbons (Fsp3) is 0.579. The number of aliphatic hydroxyl groups is 1. The maximum atomic E-state index is 9.92. The fourth-order valence-electron chi connectivity index (χ4n) is 3.56. The lowest BCUT2D eigenvalue weighted by molar-refractivity contribution is 0.0286. The van der Waals surface area contributed by atoms with Crippen molar-refractivity contribution in [1.29, 1.82) is 0 Å². The predicted octanol–water partition coefficient (Wildman–Crippen LogP) is 1.78. The second-order valence-electron chi connectivity index (χ2n) is 7.84. The second-order valence-corrected chi connectivity index (χ2v) is 7.84. The Kier molecular flexibility index (Phi) is 4.69. The number of aromatic nitrogens is 2. The minimum atomic E-state index is -0.850. The van der Waals surface area contributed by atoms with E-state index in [-0.39, 0.29) is 0 Å². The largest absolute Gasteiger partial charge is 0.386 e. The number of benzene rings is 1. The van der Waals surface area contributed by atoms with E-state index in [1.54, 1.807) is 19.9 Å². The van der Waals surface area contributed by atoms with Crippen LogP contribution in [0.1, 0.15) is 19.4 Å². The molecule has 0 bridgehead atoms. The van der Waals surface area contributed by atoms with Gasteiger partial charge in [0.25, 0.3) is 0 Å². The van der Waals surface area contributed by atoms with E-state index in [9.17, 15) is 5.11 Å². The van der Waals surface area contributed by atoms with Gasteiger partial charge in [0, 0.05) is 38.6 Å². The highest BCUT2D eigenvalue weighted by atomic mass is 16.6. The van der Waals surface area contributed by atoms with Crippen molar-refractivity contribution in [2.24, 2.45) is 5.92 Å². The molecule has 0 unspecified atom stereocenters. The Morgan fingerprint density at radius 3 is 2.73 bits per heavy atom. The van der Waals surface area contributed by atoms with Crippen LogP contribution in [0.5, 0.6) is 0 Å². The van der Waals surface area contributed by atoms with Crippen LogP contribution in [0.25, 0.3) is 17.1 Å². The third kappa shape index (κ3) is 3.90. The Morgan fingerprint density at radius 1 is 1.23 bits per heavy atom. The van der Waals surface area contributed by atoms with Crippen LogP contribution in [0.3, 0.4) is 0 Å². The molecule has 4 rings (SSSR count). The lowest BCUT2D eigenvalue weighted by Crippen LogP contribution is -2.53. The van der Waals surface area contributed by atoms with E-state index in [1.165, 1.54) is 0 Å². The number of rotatable bonds is 5. The van der Waals surface area contributed by atoms with Crippen molar-refractivity contribution in [2.75, 3.05) is 50.8 Å². The monoisotopic (exact) mass is 358 g/mol. The van der Waals surface area contributed by atoms with Crippen LogP contribution >= 0.6 is 0 Å². The molecule has 2 aliphatic heterocycles. The van der Waals surface area contributed by atoms with Gasteiger partial charge in [-0.1, -0.05) is 12.2 Å². The summed E-state index contributed by atoms with van der Waals surface area (Å²) in [7, 11) is 0. The van der Waals surface area contributed by atoms with Crippen LogP contribution in [0.15, 0.2) is 22.8 Å². The molecule has 0 atom stereocenters. The van der Waals surface area contributed by atoms with Gasteiger partial charge in [-0.2, -0.15) is 0 Å². The van der Waals surface area contributed by atoms with E-state index in [0.29, 0.717) is 5.92 Å². The van der Waals surface area contributed by atoms with E-state index in [1.807, 2.05) is 12.1 Å². The highest BCUT2D eigenvalue weighted by Crippen LogP contribution is 2.32. The molecule has 0 aliphatic carbocycles. The maximum absolute atomic E-state index is 9.92. The highest BCUT2D eigenvalue weighted by molar-refractivity contribution is 5.90. The first-order valence-corrected chi connectivity index (χ1v) is 9.21. The zero-order valence-electron chi connectivity index (χ0n) is 15.4. The summed E-state index contributed by atoms with van der Waals surface area (Å²) >= 11 is 0. The molecular formula is C19H26N4O3. The summed E-state index contributed by atoms with van der Waals surface area (Å²) in [5.74, 6) is 0.665. The van der Waals surface area contributed by atoms with Crippen LogP contribution in [-0.2, 0) is 4.74 Å². The SMILES string of the molecule is CC(C)(O)C=Cc1cc(N2CC(CN3CCOCC3)C2)c2nonc2c1. The van der Waals surface area contributed by atoms with Crippen molar-refractivity contribution in [3.63, 3.8) is 0 Å². The quantitative estimate of drug-likeness (QED) is 0.873. The lowest BCUT2D eigenvalue weighted by Gasteiger charge is -2.43. The topological polar surface area (TPSA) is 74.9 Å². The molecule has 3 heterocycles. The molecule has 7 heteroatoms. The number of morpholine rings is 1. The van der Waals surface area contributed by atoms with E-state index in [2.05, 4.69) is 26.2 Å². The van der Waals surface area contributed by atoms with Crippen LogP contribution in [0.4, 0.5) is 5.69 Å². The first-order valence-electron chi connectivity index (χ1n) is 9.21. The average Bonchev–Trinajstić information content (AvgIpc) is 3.04. The van der Waals surface area contributed by atoms with Gasteiger partial charge in [0.15, 0.2) is 5.52 Å². The molecule has 2 aromatic rings. The van der Waals surface area contributed by atoms with Crippen molar-refractivity contribution in [1.82, 2.24) is 15.2 Å². The highest BCUT2D eigenvalue weighted by Gasteiger charge is 2.31. The van der Waals surface area contributed by atoms with Crippen molar-refractivity contribution >= 4 is 22.8 Å². The number of nitrogens with zero attached hydrogens (tertiary/aromatic N) is 4.